The minimum atomic E-state index is -1.14. The molecule has 2 aromatic carbocycles. The normalized spacial score (nSPS) is 14.9. The Morgan fingerprint density at radius 1 is 0.957 bits per heavy atom. The van der Waals surface area contributed by atoms with Crippen molar-refractivity contribution in [1.29, 1.82) is 0 Å². The number of rotatable bonds is 4. The standard InChI is InChI=1S/C20H18ClNO/c1-20(23,16-10-7-11-17(21)14-16)19(15-8-3-2-4-9-15)18-12-5-6-13-22-18/h2-14,19,23H,1H3. The summed E-state index contributed by atoms with van der Waals surface area (Å²) in [6, 6.07) is 23.0. The molecule has 0 fully saturated rings. The summed E-state index contributed by atoms with van der Waals surface area (Å²) < 4.78 is 0. The third kappa shape index (κ3) is 3.29. The second kappa shape index (κ2) is 6.53. The van der Waals surface area contributed by atoms with Gasteiger partial charge in [-0.15, -0.1) is 0 Å². The Morgan fingerprint density at radius 2 is 1.70 bits per heavy atom. The lowest BCUT2D eigenvalue weighted by atomic mass is 9.76. The molecule has 2 unspecified atom stereocenters. The summed E-state index contributed by atoms with van der Waals surface area (Å²) in [5, 5.41) is 12.0. The second-order valence-corrected chi connectivity index (χ2v) is 6.19. The van der Waals surface area contributed by atoms with Crippen LogP contribution in [0, 0.1) is 0 Å². The van der Waals surface area contributed by atoms with Crippen molar-refractivity contribution in [3.63, 3.8) is 0 Å². The number of hydrogen-bond acceptors (Lipinski definition) is 2. The Morgan fingerprint density at radius 3 is 2.35 bits per heavy atom. The van der Waals surface area contributed by atoms with Gasteiger partial charge in [0.2, 0.25) is 0 Å². The fourth-order valence-corrected chi connectivity index (χ4v) is 3.14. The molecule has 0 bridgehead atoms. The topological polar surface area (TPSA) is 33.1 Å². The van der Waals surface area contributed by atoms with Crippen molar-refractivity contribution in [2.75, 3.05) is 0 Å². The van der Waals surface area contributed by atoms with Crippen LogP contribution in [-0.4, -0.2) is 10.1 Å². The van der Waals surface area contributed by atoms with Gasteiger partial charge in [0.15, 0.2) is 0 Å². The van der Waals surface area contributed by atoms with Gasteiger partial charge in [0.1, 0.15) is 0 Å². The van der Waals surface area contributed by atoms with Crippen LogP contribution in [0.2, 0.25) is 5.02 Å². The van der Waals surface area contributed by atoms with Gasteiger partial charge in [-0.2, -0.15) is 0 Å². The number of nitrogens with zero attached hydrogens (tertiary/aromatic N) is 1. The minimum absolute atomic E-state index is 0.289. The molecule has 2 atom stereocenters. The summed E-state index contributed by atoms with van der Waals surface area (Å²) in [5.74, 6) is -0.289. The van der Waals surface area contributed by atoms with Crippen molar-refractivity contribution in [2.45, 2.75) is 18.4 Å². The number of aliphatic hydroxyl groups is 1. The first kappa shape index (κ1) is 15.7. The van der Waals surface area contributed by atoms with Crippen LogP contribution in [0.5, 0.6) is 0 Å². The van der Waals surface area contributed by atoms with Gasteiger partial charge in [-0.1, -0.05) is 60.1 Å². The molecule has 116 valence electrons. The van der Waals surface area contributed by atoms with Crippen molar-refractivity contribution in [1.82, 2.24) is 4.98 Å². The molecule has 1 heterocycles. The number of aromatic nitrogens is 1. The molecule has 2 nitrogen and oxygen atoms in total. The van der Waals surface area contributed by atoms with Gasteiger partial charge >= 0.3 is 0 Å². The predicted octanol–water partition coefficient (Wildman–Crippen LogP) is 4.77. The van der Waals surface area contributed by atoms with Crippen LogP contribution in [0.3, 0.4) is 0 Å². The van der Waals surface area contributed by atoms with Crippen LogP contribution >= 0.6 is 11.6 Å². The van der Waals surface area contributed by atoms with Crippen LogP contribution in [-0.2, 0) is 5.60 Å². The zero-order chi connectivity index (χ0) is 16.3. The van der Waals surface area contributed by atoms with Crippen molar-refractivity contribution < 1.29 is 5.11 Å². The summed E-state index contributed by atoms with van der Waals surface area (Å²) >= 11 is 6.12. The van der Waals surface area contributed by atoms with E-state index in [-0.39, 0.29) is 5.92 Å². The maximum Gasteiger partial charge on any atom is 0.0992 e. The summed E-state index contributed by atoms with van der Waals surface area (Å²) in [7, 11) is 0. The van der Waals surface area contributed by atoms with Crippen LogP contribution < -0.4 is 0 Å². The van der Waals surface area contributed by atoms with E-state index >= 15 is 0 Å². The average molecular weight is 324 g/mol. The molecule has 0 aliphatic carbocycles. The summed E-state index contributed by atoms with van der Waals surface area (Å²) in [5.41, 5.74) is 1.46. The molecular formula is C20H18ClNO. The quantitative estimate of drug-likeness (QED) is 0.750. The molecule has 1 N–H and O–H groups in total. The monoisotopic (exact) mass is 323 g/mol. The lowest BCUT2D eigenvalue weighted by Gasteiger charge is -2.33. The van der Waals surface area contributed by atoms with Crippen LogP contribution in [0.4, 0.5) is 0 Å². The smallest absolute Gasteiger partial charge is 0.0992 e. The van der Waals surface area contributed by atoms with Gasteiger partial charge in [-0.25, -0.2) is 0 Å². The van der Waals surface area contributed by atoms with E-state index in [0.29, 0.717) is 5.02 Å². The molecule has 1 aromatic heterocycles. The first-order valence-electron chi connectivity index (χ1n) is 7.53. The molecule has 23 heavy (non-hydrogen) atoms. The predicted molar refractivity (Wildman–Crippen MR) is 93.5 cm³/mol. The van der Waals surface area contributed by atoms with Gasteiger partial charge in [-0.05, 0) is 42.3 Å². The molecule has 0 aliphatic rings. The lowest BCUT2D eigenvalue weighted by molar-refractivity contribution is 0.0380. The SMILES string of the molecule is CC(O)(c1cccc(Cl)c1)C(c1ccccc1)c1ccccn1. The largest absolute Gasteiger partial charge is 0.384 e. The van der Waals surface area contributed by atoms with Gasteiger partial charge in [0.25, 0.3) is 0 Å². The zero-order valence-corrected chi connectivity index (χ0v) is 13.6. The molecule has 0 saturated heterocycles. The fourth-order valence-electron chi connectivity index (χ4n) is 2.95. The Hall–Kier alpha value is -2.16. The molecule has 0 saturated carbocycles. The maximum absolute atomic E-state index is 11.4. The molecule has 0 spiro atoms. The highest BCUT2D eigenvalue weighted by Gasteiger charge is 2.37. The van der Waals surface area contributed by atoms with E-state index in [4.69, 9.17) is 11.6 Å². The molecule has 3 rings (SSSR count). The summed E-state index contributed by atoms with van der Waals surface area (Å²) in [6.45, 7) is 1.81. The fraction of sp³-hybridized carbons (Fsp3) is 0.150. The van der Waals surface area contributed by atoms with Crippen molar-refractivity contribution >= 4 is 11.6 Å². The van der Waals surface area contributed by atoms with Crippen molar-refractivity contribution in [3.05, 3.63) is 101 Å². The zero-order valence-electron chi connectivity index (χ0n) is 12.9. The van der Waals surface area contributed by atoms with E-state index in [1.807, 2.05) is 67.6 Å². The molecule has 0 amide bonds. The first-order chi connectivity index (χ1) is 11.1. The maximum atomic E-state index is 11.4. The third-order valence-corrected chi connectivity index (χ3v) is 4.32. The highest BCUT2D eigenvalue weighted by Crippen LogP contribution is 2.41. The minimum Gasteiger partial charge on any atom is -0.384 e. The van der Waals surface area contributed by atoms with E-state index in [0.717, 1.165) is 16.8 Å². The molecular weight excluding hydrogens is 306 g/mol. The third-order valence-electron chi connectivity index (χ3n) is 4.09. The van der Waals surface area contributed by atoms with Crippen LogP contribution in [0.25, 0.3) is 0 Å². The molecule has 3 aromatic rings. The number of halogens is 1. The second-order valence-electron chi connectivity index (χ2n) is 5.76. The van der Waals surface area contributed by atoms with E-state index in [1.54, 1.807) is 18.3 Å². The average Bonchev–Trinajstić information content (AvgIpc) is 2.57. The van der Waals surface area contributed by atoms with Crippen LogP contribution in [0.1, 0.15) is 29.7 Å². The van der Waals surface area contributed by atoms with Gasteiger partial charge in [-0.3, -0.25) is 4.98 Å². The number of benzene rings is 2. The van der Waals surface area contributed by atoms with Gasteiger partial charge < -0.3 is 5.11 Å². The Bertz CT molecular complexity index is 732. The highest BCUT2D eigenvalue weighted by molar-refractivity contribution is 6.30. The molecule has 0 radical (unpaired) electrons. The van der Waals surface area contributed by atoms with E-state index < -0.39 is 5.60 Å². The molecule has 3 heteroatoms. The van der Waals surface area contributed by atoms with E-state index in [1.165, 1.54) is 0 Å². The van der Waals surface area contributed by atoms with Gasteiger partial charge in [0.05, 0.1) is 17.2 Å². The highest BCUT2D eigenvalue weighted by atomic mass is 35.5. The number of hydrogen-bond donors (Lipinski definition) is 1. The van der Waals surface area contributed by atoms with Crippen LogP contribution in [0.15, 0.2) is 79.0 Å². The lowest BCUT2D eigenvalue weighted by Crippen LogP contribution is -2.31. The van der Waals surface area contributed by atoms with Crippen molar-refractivity contribution in [3.8, 4) is 0 Å². The van der Waals surface area contributed by atoms with E-state index in [2.05, 4.69) is 4.98 Å². The van der Waals surface area contributed by atoms with E-state index in [9.17, 15) is 5.11 Å². The summed E-state index contributed by atoms with van der Waals surface area (Å²) in [4.78, 5) is 4.48. The Labute approximate surface area is 141 Å². The first-order valence-corrected chi connectivity index (χ1v) is 7.91. The Kier molecular flexibility index (Phi) is 4.46. The van der Waals surface area contributed by atoms with Gasteiger partial charge in [0, 0.05) is 11.2 Å². The van der Waals surface area contributed by atoms with Crippen molar-refractivity contribution in [2.24, 2.45) is 0 Å². The number of pyridine rings is 1. The summed E-state index contributed by atoms with van der Waals surface area (Å²) in [6.07, 6.45) is 1.75. The molecule has 0 aliphatic heterocycles. The Balaban J connectivity index is 2.15.